The average molecular weight is 354 g/mol. The first-order valence-corrected chi connectivity index (χ1v) is 8.27. The molecule has 7 heteroatoms. The largest absolute Gasteiger partial charge is 0.280 e. The predicted octanol–water partition coefficient (Wildman–Crippen LogP) is 3.04. The predicted molar refractivity (Wildman–Crippen MR) is 81.7 cm³/mol. The number of anilines is 1. The number of sulfonamides is 1. The highest BCUT2D eigenvalue weighted by molar-refractivity contribution is 9.10. The lowest BCUT2D eigenvalue weighted by atomic mass is 10.2. The molecule has 0 aliphatic rings. The van der Waals surface area contributed by atoms with Gasteiger partial charge in [0.1, 0.15) is 0 Å². The van der Waals surface area contributed by atoms with E-state index in [-0.39, 0.29) is 6.42 Å². The number of halogens is 1. The molecule has 0 amide bonds. The topological polar surface area (TPSA) is 82.8 Å². The summed E-state index contributed by atoms with van der Waals surface area (Å²) in [7, 11) is -3.74. The molecule has 1 unspecified atom stereocenters. The number of fused-ring (bicyclic) bond motifs is 1. The summed E-state index contributed by atoms with van der Waals surface area (Å²) >= 11 is 3.32. The number of hydrogen-bond acceptors (Lipinski definition) is 4. The lowest BCUT2D eigenvalue weighted by molar-refractivity contribution is 0.593. The first kappa shape index (κ1) is 14.8. The van der Waals surface area contributed by atoms with Gasteiger partial charge in [0, 0.05) is 16.1 Å². The smallest absolute Gasteiger partial charge is 0.249 e. The van der Waals surface area contributed by atoms with E-state index in [0.717, 1.165) is 9.86 Å². The number of aromatic nitrogens is 1. The van der Waals surface area contributed by atoms with Crippen LogP contribution in [0, 0.1) is 11.3 Å². The van der Waals surface area contributed by atoms with E-state index in [1.54, 1.807) is 31.3 Å². The zero-order valence-electron chi connectivity index (χ0n) is 10.7. The van der Waals surface area contributed by atoms with Gasteiger partial charge >= 0.3 is 0 Å². The molecule has 0 aliphatic carbocycles. The van der Waals surface area contributed by atoms with Crippen LogP contribution in [-0.4, -0.2) is 18.7 Å². The van der Waals surface area contributed by atoms with E-state index in [2.05, 4.69) is 25.6 Å². The minimum absolute atomic E-state index is 0.232. The fraction of sp³-hybridized carbons (Fsp3) is 0.231. The molecule has 0 spiro atoms. The van der Waals surface area contributed by atoms with Crippen molar-refractivity contribution in [3.05, 3.63) is 34.9 Å². The molecule has 0 aliphatic heterocycles. The summed E-state index contributed by atoms with van der Waals surface area (Å²) in [6.07, 6.45) is 1.83. The normalized spacial score (nSPS) is 12.8. The molecule has 0 radical (unpaired) electrons. The highest BCUT2D eigenvalue weighted by atomic mass is 79.9. The molecule has 0 saturated heterocycles. The zero-order valence-corrected chi connectivity index (χ0v) is 13.1. The van der Waals surface area contributed by atoms with E-state index in [0.29, 0.717) is 11.2 Å². The van der Waals surface area contributed by atoms with Crippen LogP contribution < -0.4 is 4.72 Å². The second-order valence-corrected chi connectivity index (χ2v) is 6.98. The van der Waals surface area contributed by atoms with Crippen LogP contribution in [0.3, 0.4) is 0 Å². The molecule has 104 valence electrons. The fourth-order valence-electron chi connectivity index (χ4n) is 1.82. The van der Waals surface area contributed by atoms with E-state index >= 15 is 0 Å². The Morgan fingerprint density at radius 2 is 2.25 bits per heavy atom. The van der Waals surface area contributed by atoms with Gasteiger partial charge in [0.05, 0.1) is 17.3 Å². The molecule has 0 fully saturated rings. The molecule has 1 atom stereocenters. The van der Waals surface area contributed by atoms with Crippen LogP contribution in [0.2, 0.25) is 0 Å². The molecular formula is C13H12BrN3O2S. The molecule has 1 N–H and O–H groups in total. The maximum atomic E-state index is 12.1. The molecule has 0 bridgehead atoms. The number of pyridine rings is 1. The van der Waals surface area contributed by atoms with Crippen molar-refractivity contribution >= 4 is 42.5 Å². The Bertz CT molecular complexity index is 784. The molecule has 5 nitrogen and oxygen atoms in total. The second kappa shape index (κ2) is 5.77. The Balaban J connectivity index is 2.48. The molecule has 1 aromatic heterocycles. The summed E-state index contributed by atoms with van der Waals surface area (Å²) in [6, 6.07) is 8.85. The minimum Gasteiger partial charge on any atom is -0.280 e. The molecule has 20 heavy (non-hydrogen) atoms. The highest BCUT2D eigenvalue weighted by Crippen LogP contribution is 2.25. The van der Waals surface area contributed by atoms with E-state index in [1.165, 1.54) is 0 Å². The maximum absolute atomic E-state index is 12.1. The first-order chi connectivity index (χ1) is 9.47. The first-order valence-electron chi connectivity index (χ1n) is 5.93. The monoisotopic (exact) mass is 353 g/mol. The standard InChI is InChI=1S/C13H12BrN3O2S/c1-2-11(7-15)20(18,19)17-12-5-3-4-9-6-10(14)8-16-13(9)12/h3-6,8,11,17H,2H2,1H3. The Morgan fingerprint density at radius 3 is 2.90 bits per heavy atom. The average Bonchev–Trinajstić information content (AvgIpc) is 2.39. The number of nitrogens with one attached hydrogen (secondary N) is 1. The summed E-state index contributed by atoms with van der Waals surface area (Å²) in [4.78, 5) is 4.22. The summed E-state index contributed by atoms with van der Waals surface area (Å²) in [5, 5.41) is 8.63. The minimum atomic E-state index is -3.74. The van der Waals surface area contributed by atoms with Crippen LogP contribution in [0.15, 0.2) is 34.9 Å². The number of para-hydroxylation sites is 1. The van der Waals surface area contributed by atoms with Crippen molar-refractivity contribution in [1.29, 1.82) is 5.26 Å². The molecule has 1 heterocycles. The van der Waals surface area contributed by atoms with Gasteiger partial charge in [-0.25, -0.2) is 8.42 Å². The molecule has 2 aromatic rings. The second-order valence-electron chi connectivity index (χ2n) is 4.20. The Labute approximate surface area is 125 Å². The number of benzene rings is 1. The van der Waals surface area contributed by atoms with Gasteiger partial charge in [-0.15, -0.1) is 0 Å². The third kappa shape index (κ3) is 2.92. The van der Waals surface area contributed by atoms with Crippen molar-refractivity contribution in [3.8, 4) is 6.07 Å². The highest BCUT2D eigenvalue weighted by Gasteiger charge is 2.24. The van der Waals surface area contributed by atoms with Crippen LogP contribution in [0.25, 0.3) is 10.9 Å². The Morgan fingerprint density at radius 1 is 1.50 bits per heavy atom. The maximum Gasteiger partial charge on any atom is 0.249 e. The van der Waals surface area contributed by atoms with E-state index in [4.69, 9.17) is 5.26 Å². The summed E-state index contributed by atoms with van der Waals surface area (Å²) in [5.74, 6) is 0. The third-order valence-corrected chi connectivity index (χ3v) is 4.95. The lowest BCUT2D eigenvalue weighted by Crippen LogP contribution is -2.26. The van der Waals surface area contributed by atoms with Gasteiger partial charge in [0.15, 0.2) is 5.25 Å². The van der Waals surface area contributed by atoms with Crippen LogP contribution in [0.4, 0.5) is 5.69 Å². The zero-order chi connectivity index (χ0) is 14.8. The summed E-state index contributed by atoms with van der Waals surface area (Å²) in [6.45, 7) is 1.66. The van der Waals surface area contributed by atoms with Crippen molar-refractivity contribution in [1.82, 2.24) is 4.98 Å². The van der Waals surface area contributed by atoms with Gasteiger partial charge in [-0.05, 0) is 34.5 Å². The van der Waals surface area contributed by atoms with Crippen molar-refractivity contribution in [2.75, 3.05) is 4.72 Å². The van der Waals surface area contributed by atoms with Gasteiger partial charge in [-0.2, -0.15) is 5.26 Å². The van der Waals surface area contributed by atoms with Crippen molar-refractivity contribution in [3.63, 3.8) is 0 Å². The van der Waals surface area contributed by atoms with Gasteiger partial charge in [0.25, 0.3) is 0 Å². The van der Waals surface area contributed by atoms with Gasteiger partial charge < -0.3 is 0 Å². The van der Waals surface area contributed by atoms with Crippen LogP contribution >= 0.6 is 15.9 Å². The SMILES string of the molecule is CCC(C#N)S(=O)(=O)Nc1cccc2cc(Br)cnc12. The summed E-state index contributed by atoms with van der Waals surface area (Å²) in [5.41, 5.74) is 0.927. The van der Waals surface area contributed by atoms with E-state index in [1.807, 2.05) is 12.1 Å². The van der Waals surface area contributed by atoms with Gasteiger partial charge in [-0.3, -0.25) is 9.71 Å². The van der Waals surface area contributed by atoms with Crippen molar-refractivity contribution in [2.24, 2.45) is 0 Å². The fourth-order valence-corrected chi connectivity index (χ4v) is 3.36. The van der Waals surface area contributed by atoms with Crippen LogP contribution in [-0.2, 0) is 10.0 Å². The number of nitriles is 1. The Hall–Kier alpha value is -1.65. The lowest BCUT2D eigenvalue weighted by Gasteiger charge is -2.12. The molecular weight excluding hydrogens is 342 g/mol. The molecule has 1 aromatic carbocycles. The quantitative estimate of drug-likeness (QED) is 0.915. The van der Waals surface area contributed by atoms with E-state index in [9.17, 15) is 8.42 Å². The number of nitrogens with zero attached hydrogens (tertiary/aromatic N) is 2. The number of rotatable bonds is 4. The molecule has 0 saturated carbocycles. The summed E-state index contributed by atoms with van der Waals surface area (Å²) < 4.78 is 27.5. The van der Waals surface area contributed by atoms with Crippen molar-refractivity contribution < 1.29 is 8.42 Å². The molecule has 2 rings (SSSR count). The van der Waals surface area contributed by atoms with Crippen LogP contribution in [0.1, 0.15) is 13.3 Å². The number of hydrogen-bond donors (Lipinski definition) is 1. The van der Waals surface area contributed by atoms with Gasteiger partial charge in [0.2, 0.25) is 10.0 Å². The van der Waals surface area contributed by atoms with Crippen LogP contribution in [0.5, 0.6) is 0 Å². The van der Waals surface area contributed by atoms with E-state index < -0.39 is 15.3 Å². The van der Waals surface area contributed by atoms with Crippen molar-refractivity contribution in [2.45, 2.75) is 18.6 Å². The van der Waals surface area contributed by atoms with Gasteiger partial charge in [-0.1, -0.05) is 19.1 Å². The Kier molecular flexibility index (Phi) is 4.26. The third-order valence-electron chi connectivity index (χ3n) is 2.82.